The fourth-order valence-electron chi connectivity index (χ4n) is 1.48. The van der Waals surface area contributed by atoms with Gasteiger partial charge in [-0.3, -0.25) is 0 Å². The lowest BCUT2D eigenvalue weighted by atomic mass is 10.3. The third-order valence-electron chi connectivity index (χ3n) is 2.14. The van der Waals surface area contributed by atoms with Crippen molar-refractivity contribution in [1.29, 1.82) is 0 Å². The predicted molar refractivity (Wildman–Crippen MR) is 68.4 cm³/mol. The highest BCUT2D eigenvalue weighted by Gasteiger charge is 2.39. The van der Waals surface area contributed by atoms with Crippen LogP contribution >= 0.6 is 0 Å². The minimum atomic E-state index is -2.46. The molecule has 0 radical (unpaired) electrons. The van der Waals surface area contributed by atoms with Crippen molar-refractivity contribution in [2.75, 3.05) is 32.5 Å². The van der Waals surface area contributed by atoms with Gasteiger partial charge in [-0.1, -0.05) is 13.3 Å². The van der Waals surface area contributed by atoms with Crippen LogP contribution in [-0.2, 0) is 13.3 Å². The van der Waals surface area contributed by atoms with Crippen LogP contribution in [0.1, 0.15) is 40.5 Å². The van der Waals surface area contributed by atoms with E-state index in [9.17, 15) is 0 Å². The highest BCUT2D eigenvalue weighted by atomic mass is 28.4. The van der Waals surface area contributed by atoms with Crippen LogP contribution in [0.3, 0.4) is 0 Å². The van der Waals surface area contributed by atoms with Crippen molar-refractivity contribution >= 4 is 8.80 Å². The minimum absolute atomic E-state index is 0.641. The maximum absolute atomic E-state index is 5.72. The van der Waals surface area contributed by atoms with Crippen molar-refractivity contribution in [3.05, 3.63) is 0 Å². The van der Waals surface area contributed by atoms with Crippen molar-refractivity contribution in [2.24, 2.45) is 0 Å². The van der Waals surface area contributed by atoms with Crippen molar-refractivity contribution in [2.45, 2.75) is 40.5 Å². The van der Waals surface area contributed by atoms with Gasteiger partial charge in [0.05, 0.1) is 6.17 Å². The molecule has 0 heterocycles. The molecule has 0 amide bonds. The van der Waals surface area contributed by atoms with Gasteiger partial charge in [0.1, 0.15) is 0 Å². The van der Waals surface area contributed by atoms with Crippen LogP contribution in [0.15, 0.2) is 0 Å². The molecule has 0 aromatic rings. The topological polar surface area (TPSA) is 39.7 Å². The van der Waals surface area contributed by atoms with Gasteiger partial charge in [-0.25, -0.2) is 0 Å². The summed E-state index contributed by atoms with van der Waals surface area (Å²) in [4.78, 5) is 0. The number of nitrogens with one attached hydrogen (secondary N) is 1. The maximum Gasteiger partial charge on any atom is 0.515 e. The Morgan fingerprint density at radius 1 is 0.875 bits per heavy atom. The molecule has 16 heavy (non-hydrogen) atoms. The highest BCUT2D eigenvalue weighted by Crippen LogP contribution is 2.08. The van der Waals surface area contributed by atoms with E-state index in [4.69, 9.17) is 13.3 Å². The minimum Gasteiger partial charge on any atom is -0.373 e. The second-order valence-electron chi connectivity index (χ2n) is 3.51. The number of hydrogen-bond donors (Lipinski definition) is 1. The van der Waals surface area contributed by atoms with Gasteiger partial charge in [-0.05, 0) is 33.7 Å². The lowest BCUT2D eigenvalue weighted by molar-refractivity contribution is 0.0701. The van der Waals surface area contributed by atoms with E-state index in [1.165, 1.54) is 12.8 Å². The first-order valence-corrected chi connectivity index (χ1v) is 8.30. The zero-order chi connectivity index (χ0) is 12.3. The SMILES string of the molecule is CCCCNC[Si](OCC)(OCC)OCC. The van der Waals surface area contributed by atoms with Gasteiger partial charge in [0.25, 0.3) is 0 Å². The molecule has 0 unspecified atom stereocenters. The second-order valence-corrected chi connectivity index (χ2v) is 6.10. The summed E-state index contributed by atoms with van der Waals surface area (Å²) in [6, 6.07) is 0. The molecular weight excluding hydrogens is 222 g/mol. The van der Waals surface area contributed by atoms with Gasteiger partial charge >= 0.3 is 8.80 Å². The number of unbranched alkanes of at least 4 members (excludes halogenated alkanes) is 1. The van der Waals surface area contributed by atoms with Gasteiger partial charge in [-0.15, -0.1) is 0 Å². The molecule has 0 rings (SSSR count). The largest absolute Gasteiger partial charge is 0.515 e. The zero-order valence-electron chi connectivity index (χ0n) is 11.2. The summed E-state index contributed by atoms with van der Waals surface area (Å²) in [5.41, 5.74) is 0. The summed E-state index contributed by atoms with van der Waals surface area (Å²) in [7, 11) is -2.46. The highest BCUT2D eigenvalue weighted by molar-refractivity contribution is 6.60. The fraction of sp³-hybridized carbons (Fsp3) is 1.00. The Morgan fingerprint density at radius 3 is 1.75 bits per heavy atom. The molecule has 0 aromatic carbocycles. The van der Waals surface area contributed by atoms with E-state index in [1.54, 1.807) is 0 Å². The van der Waals surface area contributed by atoms with Crippen molar-refractivity contribution in [3.8, 4) is 0 Å². The van der Waals surface area contributed by atoms with E-state index in [-0.39, 0.29) is 0 Å². The van der Waals surface area contributed by atoms with Crippen molar-refractivity contribution in [3.63, 3.8) is 0 Å². The van der Waals surface area contributed by atoms with E-state index in [0.717, 1.165) is 6.54 Å². The third kappa shape index (κ3) is 6.60. The molecule has 0 saturated carbocycles. The van der Waals surface area contributed by atoms with Crippen LogP contribution in [0, 0.1) is 0 Å². The van der Waals surface area contributed by atoms with Crippen LogP contribution < -0.4 is 5.32 Å². The first-order chi connectivity index (χ1) is 7.74. The second kappa shape index (κ2) is 10.2. The van der Waals surface area contributed by atoms with E-state index >= 15 is 0 Å². The van der Waals surface area contributed by atoms with Crippen LogP contribution in [0.5, 0.6) is 0 Å². The smallest absolute Gasteiger partial charge is 0.373 e. The average Bonchev–Trinajstić information content (AvgIpc) is 2.26. The molecular formula is C11H27NO3Si. The monoisotopic (exact) mass is 249 g/mol. The summed E-state index contributed by atoms with van der Waals surface area (Å²) >= 11 is 0. The zero-order valence-corrected chi connectivity index (χ0v) is 12.2. The lowest BCUT2D eigenvalue weighted by Gasteiger charge is -2.28. The first-order valence-electron chi connectivity index (χ1n) is 6.37. The molecule has 0 bridgehead atoms. The van der Waals surface area contributed by atoms with Gasteiger partial charge in [-0.2, -0.15) is 0 Å². The van der Waals surface area contributed by atoms with E-state index in [2.05, 4.69) is 12.2 Å². The summed E-state index contributed by atoms with van der Waals surface area (Å²) in [6.07, 6.45) is 3.08. The summed E-state index contributed by atoms with van der Waals surface area (Å²) < 4.78 is 17.2. The molecule has 0 aromatic heterocycles. The number of rotatable bonds is 11. The average molecular weight is 249 g/mol. The fourth-order valence-corrected chi connectivity index (χ4v) is 3.84. The normalized spacial score (nSPS) is 12.0. The number of hydrogen-bond acceptors (Lipinski definition) is 4. The van der Waals surface area contributed by atoms with Crippen molar-refractivity contribution < 1.29 is 13.3 Å². The predicted octanol–water partition coefficient (Wildman–Crippen LogP) is 1.96. The Bertz CT molecular complexity index is 141. The molecule has 1 N–H and O–H groups in total. The lowest BCUT2D eigenvalue weighted by Crippen LogP contribution is -2.54. The summed E-state index contributed by atoms with van der Waals surface area (Å²) in [6.45, 7) is 11.0. The van der Waals surface area contributed by atoms with Gasteiger partial charge in [0.15, 0.2) is 0 Å². The van der Waals surface area contributed by atoms with Gasteiger partial charge in [0, 0.05) is 19.8 Å². The quantitative estimate of drug-likeness (QED) is 0.449. The Morgan fingerprint density at radius 2 is 1.38 bits per heavy atom. The van der Waals surface area contributed by atoms with Crippen LogP contribution in [0.4, 0.5) is 0 Å². The van der Waals surface area contributed by atoms with Crippen LogP contribution in [0.2, 0.25) is 0 Å². The summed E-state index contributed by atoms with van der Waals surface area (Å²) in [5.74, 6) is 0. The molecule has 98 valence electrons. The van der Waals surface area contributed by atoms with Crippen LogP contribution in [-0.4, -0.2) is 41.3 Å². The van der Waals surface area contributed by atoms with E-state index in [1.807, 2.05) is 20.8 Å². The molecule has 5 heteroatoms. The maximum atomic E-state index is 5.72. The molecule has 0 atom stereocenters. The van der Waals surface area contributed by atoms with Gasteiger partial charge in [0.2, 0.25) is 0 Å². The van der Waals surface area contributed by atoms with Crippen molar-refractivity contribution in [1.82, 2.24) is 5.32 Å². The molecule has 0 aliphatic rings. The summed E-state index contributed by atoms with van der Waals surface area (Å²) in [5, 5.41) is 3.37. The first kappa shape index (κ1) is 16.1. The molecule has 0 spiro atoms. The molecule has 0 aliphatic heterocycles. The van der Waals surface area contributed by atoms with E-state index in [0.29, 0.717) is 26.0 Å². The van der Waals surface area contributed by atoms with Gasteiger partial charge < -0.3 is 18.6 Å². The van der Waals surface area contributed by atoms with E-state index < -0.39 is 8.80 Å². The Kier molecular flexibility index (Phi) is 10.3. The Labute approximate surface area is 101 Å². The Balaban J connectivity index is 4.12. The van der Waals surface area contributed by atoms with Crippen LogP contribution in [0.25, 0.3) is 0 Å². The standard InChI is InChI=1S/C11H27NO3Si/c1-5-9-10-12-11-16(13-6-2,14-7-3)15-8-4/h12H,5-11H2,1-4H3. The molecule has 0 saturated heterocycles. The molecule has 4 nitrogen and oxygen atoms in total. The molecule has 0 aliphatic carbocycles. The third-order valence-corrected chi connectivity index (χ3v) is 5.01. The molecule has 0 fully saturated rings. The Hall–Kier alpha value is 0.0569.